The van der Waals surface area contributed by atoms with E-state index >= 15 is 0 Å². The summed E-state index contributed by atoms with van der Waals surface area (Å²) in [6.45, 7) is 13.5. The van der Waals surface area contributed by atoms with Gasteiger partial charge in [-0.05, 0) is 60.8 Å². The maximum Gasteiger partial charge on any atom is 0.311 e. The number of esters is 1. The molecule has 0 heterocycles. The minimum absolute atomic E-state index is 0.137. The van der Waals surface area contributed by atoms with E-state index in [0.717, 1.165) is 32.0 Å². The topological polar surface area (TPSA) is 26.3 Å². The SMILES string of the molecule is CCCCCC(CC(C)(C)C(=O)OC)(c1ccccc1)c1ccc(C(C)(CC(C)(C)CB(P)I)c2ccccc2)cc1. The second kappa shape index (κ2) is 14.9. The van der Waals surface area contributed by atoms with Crippen LogP contribution in [0.15, 0.2) is 84.9 Å². The Bertz CT molecular complexity index is 1260. The molecule has 0 saturated carbocycles. The Morgan fingerprint density at radius 3 is 1.74 bits per heavy atom. The van der Waals surface area contributed by atoms with Crippen LogP contribution in [-0.4, -0.2) is 17.4 Å². The Morgan fingerprint density at radius 1 is 0.762 bits per heavy atom. The molecular weight excluding hydrogens is 645 g/mol. The van der Waals surface area contributed by atoms with E-state index in [0.29, 0.717) is 10.7 Å². The molecule has 226 valence electrons. The van der Waals surface area contributed by atoms with Crippen LogP contribution < -0.4 is 0 Å². The molecule has 5 heteroatoms. The highest BCUT2D eigenvalue weighted by Crippen LogP contribution is 2.49. The Kier molecular flexibility index (Phi) is 12.4. The molecule has 0 aliphatic carbocycles. The maximum absolute atomic E-state index is 13.0. The van der Waals surface area contributed by atoms with Gasteiger partial charge in [0.25, 0.3) is 0 Å². The van der Waals surface area contributed by atoms with Gasteiger partial charge in [0.05, 0.1) is 12.5 Å². The lowest BCUT2D eigenvalue weighted by Gasteiger charge is -2.42. The number of benzene rings is 3. The number of unbranched alkanes of at least 4 members (excludes halogenated alkanes) is 2. The summed E-state index contributed by atoms with van der Waals surface area (Å²) in [6, 6.07) is 31.3. The predicted octanol–water partition coefficient (Wildman–Crippen LogP) is 10.7. The lowest BCUT2D eigenvalue weighted by molar-refractivity contribution is -0.151. The van der Waals surface area contributed by atoms with E-state index in [-0.39, 0.29) is 22.2 Å². The summed E-state index contributed by atoms with van der Waals surface area (Å²) < 4.78 is 5.84. The van der Waals surface area contributed by atoms with E-state index in [4.69, 9.17) is 4.74 Å². The Balaban J connectivity index is 2.18. The maximum atomic E-state index is 13.0. The molecule has 0 amide bonds. The largest absolute Gasteiger partial charge is 0.469 e. The highest BCUT2D eigenvalue weighted by molar-refractivity contribution is 14.1. The van der Waals surface area contributed by atoms with Crippen molar-refractivity contribution in [2.45, 2.75) is 97.2 Å². The van der Waals surface area contributed by atoms with Crippen molar-refractivity contribution >= 4 is 41.8 Å². The molecule has 0 N–H and O–H groups in total. The molecular formula is C37H51BIO2P. The average Bonchev–Trinajstić information content (AvgIpc) is 2.96. The fraction of sp³-hybridized carbons (Fsp3) is 0.486. The van der Waals surface area contributed by atoms with Gasteiger partial charge in [0, 0.05) is 10.8 Å². The van der Waals surface area contributed by atoms with Crippen LogP contribution in [0, 0.1) is 10.8 Å². The number of ether oxygens (including phenoxy) is 1. The van der Waals surface area contributed by atoms with Gasteiger partial charge < -0.3 is 4.74 Å². The van der Waals surface area contributed by atoms with Crippen molar-refractivity contribution in [2.75, 3.05) is 7.11 Å². The van der Waals surface area contributed by atoms with Crippen LogP contribution in [0.25, 0.3) is 0 Å². The first kappa shape index (κ1) is 34.8. The fourth-order valence-electron chi connectivity index (χ4n) is 7.18. The van der Waals surface area contributed by atoms with E-state index < -0.39 is 5.41 Å². The highest BCUT2D eigenvalue weighted by Gasteiger charge is 2.43. The number of rotatable bonds is 15. The average molecular weight is 697 g/mol. The molecule has 0 bridgehead atoms. The van der Waals surface area contributed by atoms with Gasteiger partial charge in [-0.1, -0.05) is 138 Å². The lowest BCUT2D eigenvalue weighted by Crippen LogP contribution is -2.38. The van der Waals surface area contributed by atoms with Crippen molar-refractivity contribution in [1.82, 2.24) is 0 Å². The molecule has 2 nitrogen and oxygen atoms in total. The van der Waals surface area contributed by atoms with E-state index in [9.17, 15) is 4.79 Å². The lowest BCUT2D eigenvalue weighted by atomic mass is 9.61. The van der Waals surface area contributed by atoms with Crippen LogP contribution in [0.3, 0.4) is 0 Å². The van der Waals surface area contributed by atoms with Crippen molar-refractivity contribution in [3.05, 3.63) is 107 Å². The molecule has 0 radical (unpaired) electrons. The smallest absolute Gasteiger partial charge is 0.311 e. The number of halogens is 1. The summed E-state index contributed by atoms with van der Waals surface area (Å²) in [7, 11) is 4.48. The van der Waals surface area contributed by atoms with Crippen LogP contribution in [0.2, 0.25) is 6.32 Å². The summed E-state index contributed by atoms with van der Waals surface area (Å²) in [6.07, 6.45) is 7.28. The number of carbonyl (C=O) groups is 1. The second-order valence-corrected chi connectivity index (χ2v) is 17.6. The molecule has 0 aliphatic heterocycles. The number of hydrogen-bond donors (Lipinski definition) is 0. The molecule has 0 aliphatic rings. The molecule has 0 spiro atoms. The Labute approximate surface area is 272 Å². The van der Waals surface area contributed by atoms with Gasteiger partial charge >= 0.3 is 5.97 Å². The summed E-state index contributed by atoms with van der Waals surface area (Å²) in [5.41, 5.74) is 4.32. The second-order valence-electron chi connectivity index (χ2n) is 13.8. The van der Waals surface area contributed by atoms with Crippen molar-refractivity contribution in [1.29, 1.82) is 0 Å². The first-order chi connectivity index (χ1) is 19.8. The first-order valence-electron chi connectivity index (χ1n) is 15.5. The van der Waals surface area contributed by atoms with Crippen molar-refractivity contribution in [3.8, 4) is 0 Å². The van der Waals surface area contributed by atoms with Gasteiger partial charge in [-0.3, -0.25) is 4.79 Å². The van der Waals surface area contributed by atoms with Gasteiger partial charge in [0.15, 0.2) is 0 Å². The molecule has 3 atom stereocenters. The third-order valence-electron chi connectivity index (χ3n) is 9.08. The minimum Gasteiger partial charge on any atom is -0.469 e. The van der Waals surface area contributed by atoms with Crippen LogP contribution in [0.1, 0.15) is 102 Å². The third-order valence-corrected chi connectivity index (χ3v) is 9.76. The van der Waals surface area contributed by atoms with E-state index in [1.54, 1.807) is 0 Å². The minimum atomic E-state index is -0.633. The van der Waals surface area contributed by atoms with Crippen LogP contribution in [0.5, 0.6) is 0 Å². The van der Waals surface area contributed by atoms with Crippen molar-refractivity contribution in [3.63, 3.8) is 0 Å². The first-order valence-corrected chi connectivity index (χ1v) is 17.4. The predicted molar refractivity (Wildman–Crippen MR) is 194 cm³/mol. The van der Waals surface area contributed by atoms with E-state index in [1.165, 1.54) is 35.8 Å². The quantitative estimate of drug-likeness (QED) is 0.0520. The van der Waals surface area contributed by atoms with Gasteiger partial charge in [0.2, 0.25) is 4.29 Å². The summed E-state index contributed by atoms with van der Waals surface area (Å²) in [5.74, 6) is -0.156. The zero-order valence-corrected chi connectivity index (χ0v) is 30.2. The van der Waals surface area contributed by atoms with Crippen molar-refractivity contribution in [2.24, 2.45) is 10.8 Å². The standard InChI is InChI=1S/C37H51BIO2P/c1-8-9-16-25-37(31-19-14-11-15-20-31,27-35(4,5)33(40)41-7)32-23-21-30(22-24-32)36(6,29-17-12-10-13-18-29)26-34(2,3)28-38(39)42/h10-15,17-24H,8-9,16,25-28,42H2,1-7H3. The van der Waals surface area contributed by atoms with E-state index in [2.05, 4.69) is 144 Å². The third kappa shape index (κ3) is 8.50. The normalized spacial score (nSPS) is 15.0. The molecule has 42 heavy (non-hydrogen) atoms. The number of carbonyl (C=O) groups excluding carboxylic acids is 1. The highest BCUT2D eigenvalue weighted by atomic mass is 127. The summed E-state index contributed by atoms with van der Waals surface area (Å²) in [5, 5.41) is 0. The molecule has 0 saturated heterocycles. The van der Waals surface area contributed by atoms with Gasteiger partial charge in [-0.2, -0.15) is 9.12 Å². The molecule has 3 aromatic rings. The zero-order chi connectivity index (χ0) is 31.0. The molecule has 3 rings (SSSR count). The Morgan fingerprint density at radius 2 is 1.24 bits per heavy atom. The summed E-state index contributed by atoms with van der Waals surface area (Å²) in [4.78, 5) is 13.0. The molecule has 0 aromatic heterocycles. The van der Waals surface area contributed by atoms with Crippen LogP contribution in [0.4, 0.5) is 0 Å². The molecule has 3 aromatic carbocycles. The Hall–Kier alpha value is -1.65. The number of hydrogen-bond acceptors (Lipinski definition) is 2. The van der Waals surface area contributed by atoms with Gasteiger partial charge in [-0.15, -0.1) is 22.4 Å². The van der Waals surface area contributed by atoms with Crippen LogP contribution in [-0.2, 0) is 20.4 Å². The number of methoxy groups -OCH3 is 1. The van der Waals surface area contributed by atoms with Crippen molar-refractivity contribution < 1.29 is 9.53 Å². The van der Waals surface area contributed by atoms with Gasteiger partial charge in [0.1, 0.15) is 0 Å². The van der Waals surface area contributed by atoms with Gasteiger partial charge in [-0.25, -0.2) is 0 Å². The molecule has 0 fully saturated rings. The van der Waals surface area contributed by atoms with Crippen LogP contribution >= 0.6 is 31.5 Å². The zero-order valence-electron chi connectivity index (χ0n) is 26.9. The summed E-state index contributed by atoms with van der Waals surface area (Å²) >= 11 is 2.53. The monoisotopic (exact) mass is 696 g/mol. The fourth-order valence-corrected chi connectivity index (χ4v) is 9.01. The van der Waals surface area contributed by atoms with E-state index in [1.807, 2.05) is 13.8 Å². The molecule has 3 unspecified atom stereocenters.